The van der Waals surface area contributed by atoms with E-state index in [0.29, 0.717) is 5.41 Å². The molecule has 1 aromatic rings. The molecule has 0 saturated heterocycles. The van der Waals surface area contributed by atoms with Crippen molar-refractivity contribution in [3.63, 3.8) is 0 Å². The number of rotatable bonds is 4. The molecule has 1 aliphatic carbocycles. The van der Waals surface area contributed by atoms with E-state index < -0.39 is 0 Å². The number of nitrogens with one attached hydrogen (secondary N) is 1. The van der Waals surface area contributed by atoms with Gasteiger partial charge >= 0.3 is 0 Å². The van der Waals surface area contributed by atoms with Gasteiger partial charge in [-0.2, -0.15) is 0 Å². The number of hydrogen-bond donors (Lipinski definition) is 2. The fourth-order valence-corrected chi connectivity index (χ4v) is 1.86. The Kier molecular flexibility index (Phi) is 2.80. The monoisotopic (exact) mass is 223 g/mol. The molecule has 0 radical (unpaired) electrons. The van der Waals surface area contributed by atoms with E-state index >= 15 is 0 Å². The molecular weight excluding hydrogens is 206 g/mol. The summed E-state index contributed by atoms with van der Waals surface area (Å²) < 4.78 is 1.44. The lowest BCUT2D eigenvalue weighted by molar-refractivity contribution is -0.122. The first-order valence-electron chi connectivity index (χ1n) is 5.49. The van der Waals surface area contributed by atoms with Gasteiger partial charge in [0.2, 0.25) is 11.9 Å². The SMILES string of the molecule is CC1(CNC(=O)Cn2cnc(N)n2)CCC1. The molecule has 6 heteroatoms. The van der Waals surface area contributed by atoms with Crippen LogP contribution in [-0.4, -0.2) is 27.2 Å². The van der Waals surface area contributed by atoms with E-state index in [1.807, 2.05) is 0 Å². The van der Waals surface area contributed by atoms with Crippen LogP contribution in [-0.2, 0) is 11.3 Å². The molecule has 16 heavy (non-hydrogen) atoms. The van der Waals surface area contributed by atoms with Crippen LogP contribution < -0.4 is 11.1 Å². The number of amides is 1. The first-order valence-corrected chi connectivity index (χ1v) is 5.49. The van der Waals surface area contributed by atoms with Crippen molar-refractivity contribution < 1.29 is 4.79 Å². The molecule has 88 valence electrons. The lowest BCUT2D eigenvalue weighted by Gasteiger charge is -2.38. The van der Waals surface area contributed by atoms with Gasteiger partial charge < -0.3 is 11.1 Å². The largest absolute Gasteiger partial charge is 0.367 e. The number of nitrogens with two attached hydrogens (primary N) is 1. The summed E-state index contributed by atoms with van der Waals surface area (Å²) in [7, 11) is 0. The number of nitrogen functional groups attached to an aromatic ring is 1. The van der Waals surface area contributed by atoms with Crippen molar-refractivity contribution in [3.05, 3.63) is 6.33 Å². The summed E-state index contributed by atoms with van der Waals surface area (Å²) in [6.07, 6.45) is 5.12. The average molecular weight is 223 g/mol. The second-order valence-electron chi connectivity index (χ2n) is 4.74. The van der Waals surface area contributed by atoms with Crippen molar-refractivity contribution in [2.24, 2.45) is 5.41 Å². The van der Waals surface area contributed by atoms with Gasteiger partial charge in [-0.05, 0) is 18.3 Å². The number of carbonyl (C=O) groups is 1. The lowest BCUT2D eigenvalue weighted by Crippen LogP contribution is -2.41. The minimum atomic E-state index is -0.0435. The Balaban J connectivity index is 1.76. The van der Waals surface area contributed by atoms with E-state index in [1.165, 1.54) is 30.3 Å². The molecule has 3 N–H and O–H groups in total. The number of aromatic nitrogens is 3. The highest BCUT2D eigenvalue weighted by molar-refractivity contribution is 5.75. The lowest BCUT2D eigenvalue weighted by atomic mass is 9.70. The normalized spacial score (nSPS) is 17.8. The zero-order valence-corrected chi connectivity index (χ0v) is 9.44. The van der Waals surface area contributed by atoms with Gasteiger partial charge in [0.1, 0.15) is 12.9 Å². The van der Waals surface area contributed by atoms with Crippen molar-refractivity contribution in [1.82, 2.24) is 20.1 Å². The van der Waals surface area contributed by atoms with Crippen LogP contribution >= 0.6 is 0 Å². The fraction of sp³-hybridized carbons (Fsp3) is 0.700. The first-order chi connectivity index (χ1) is 7.57. The highest BCUT2D eigenvalue weighted by Gasteiger charge is 2.31. The van der Waals surface area contributed by atoms with E-state index in [9.17, 15) is 4.79 Å². The van der Waals surface area contributed by atoms with Crippen LogP contribution in [0.15, 0.2) is 6.33 Å². The number of anilines is 1. The Bertz CT molecular complexity index is 382. The maximum atomic E-state index is 11.6. The Morgan fingerprint density at radius 2 is 2.44 bits per heavy atom. The van der Waals surface area contributed by atoms with Crippen LogP contribution in [0.3, 0.4) is 0 Å². The van der Waals surface area contributed by atoms with Crippen molar-refractivity contribution in [2.45, 2.75) is 32.7 Å². The molecule has 2 rings (SSSR count). The van der Waals surface area contributed by atoms with E-state index in [-0.39, 0.29) is 18.4 Å². The van der Waals surface area contributed by atoms with Crippen molar-refractivity contribution in [2.75, 3.05) is 12.3 Å². The van der Waals surface area contributed by atoms with Gasteiger partial charge in [-0.25, -0.2) is 9.67 Å². The fourth-order valence-electron chi connectivity index (χ4n) is 1.86. The highest BCUT2D eigenvalue weighted by atomic mass is 16.2. The molecule has 0 unspecified atom stereocenters. The van der Waals surface area contributed by atoms with Crippen molar-refractivity contribution >= 4 is 11.9 Å². The minimum absolute atomic E-state index is 0.0435. The second kappa shape index (κ2) is 4.11. The van der Waals surface area contributed by atoms with E-state index in [4.69, 9.17) is 5.73 Å². The van der Waals surface area contributed by atoms with Crippen LogP contribution in [0.1, 0.15) is 26.2 Å². The van der Waals surface area contributed by atoms with Crippen molar-refractivity contribution in [1.29, 1.82) is 0 Å². The molecule has 0 aliphatic heterocycles. The maximum absolute atomic E-state index is 11.6. The highest BCUT2D eigenvalue weighted by Crippen LogP contribution is 2.39. The Morgan fingerprint density at radius 1 is 1.69 bits per heavy atom. The molecule has 0 bridgehead atoms. The van der Waals surface area contributed by atoms with Gasteiger partial charge in [0, 0.05) is 6.54 Å². The van der Waals surface area contributed by atoms with Gasteiger partial charge in [0.05, 0.1) is 0 Å². The summed E-state index contributed by atoms with van der Waals surface area (Å²) in [5, 5.41) is 6.77. The minimum Gasteiger partial charge on any atom is -0.367 e. The molecule has 6 nitrogen and oxygen atoms in total. The third kappa shape index (κ3) is 2.50. The number of carbonyl (C=O) groups excluding carboxylic acids is 1. The van der Waals surface area contributed by atoms with E-state index in [2.05, 4.69) is 22.3 Å². The van der Waals surface area contributed by atoms with E-state index in [0.717, 1.165) is 6.54 Å². The van der Waals surface area contributed by atoms with Gasteiger partial charge in [0.25, 0.3) is 0 Å². The van der Waals surface area contributed by atoms with Gasteiger partial charge in [0.15, 0.2) is 0 Å². The second-order valence-corrected chi connectivity index (χ2v) is 4.74. The molecule has 1 amide bonds. The smallest absolute Gasteiger partial charge is 0.241 e. The molecule has 1 heterocycles. The van der Waals surface area contributed by atoms with Crippen LogP contribution in [0.25, 0.3) is 0 Å². The molecule has 0 atom stereocenters. The third-order valence-electron chi connectivity index (χ3n) is 3.13. The molecule has 0 aromatic carbocycles. The van der Waals surface area contributed by atoms with Crippen LogP contribution in [0.4, 0.5) is 5.95 Å². The van der Waals surface area contributed by atoms with Crippen LogP contribution in [0.2, 0.25) is 0 Å². The predicted molar refractivity (Wildman–Crippen MR) is 59.4 cm³/mol. The average Bonchev–Trinajstić information content (AvgIpc) is 2.58. The Morgan fingerprint density at radius 3 is 2.94 bits per heavy atom. The standard InChI is InChI=1S/C10H17N5O/c1-10(3-2-4-10)6-12-8(16)5-15-7-13-9(11)14-15/h7H,2-6H2,1H3,(H2,11,14)(H,12,16). The first kappa shape index (κ1) is 10.9. The summed E-state index contributed by atoms with van der Waals surface area (Å²) in [6.45, 7) is 3.13. The van der Waals surface area contributed by atoms with Gasteiger partial charge in [-0.15, -0.1) is 5.10 Å². The number of hydrogen-bond acceptors (Lipinski definition) is 4. The topological polar surface area (TPSA) is 85.8 Å². The van der Waals surface area contributed by atoms with Crippen LogP contribution in [0.5, 0.6) is 0 Å². The molecule has 1 aliphatic rings. The predicted octanol–water partition coefficient (Wildman–Crippen LogP) is 0.167. The molecule has 1 aromatic heterocycles. The summed E-state index contributed by atoms with van der Waals surface area (Å²) in [5.41, 5.74) is 5.66. The molecular formula is C10H17N5O. The maximum Gasteiger partial charge on any atom is 0.241 e. The summed E-state index contributed by atoms with van der Waals surface area (Å²) >= 11 is 0. The Hall–Kier alpha value is -1.59. The van der Waals surface area contributed by atoms with Gasteiger partial charge in [-0.1, -0.05) is 13.3 Å². The number of nitrogens with zero attached hydrogens (tertiary/aromatic N) is 3. The quantitative estimate of drug-likeness (QED) is 0.761. The van der Waals surface area contributed by atoms with Crippen LogP contribution in [0, 0.1) is 5.41 Å². The zero-order valence-electron chi connectivity index (χ0n) is 9.44. The Labute approximate surface area is 94.2 Å². The van der Waals surface area contributed by atoms with Gasteiger partial charge in [-0.3, -0.25) is 4.79 Å². The van der Waals surface area contributed by atoms with Crippen molar-refractivity contribution in [3.8, 4) is 0 Å². The van der Waals surface area contributed by atoms with E-state index in [1.54, 1.807) is 0 Å². The summed E-state index contributed by atoms with van der Waals surface area (Å²) in [4.78, 5) is 15.3. The zero-order chi connectivity index (χ0) is 11.6. The third-order valence-corrected chi connectivity index (χ3v) is 3.13. The molecule has 1 saturated carbocycles. The molecule has 1 fully saturated rings. The molecule has 0 spiro atoms. The summed E-state index contributed by atoms with van der Waals surface area (Å²) in [6, 6.07) is 0. The summed E-state index contributed by atoms with van der Waals surface area (Å²) in [5.74, 6) is 0.150.